The van der Waals surface area contributed by atoms with Gasteiger partial charge in [0.15, 0.2) is 18.1 Å². The number of H-pyrrole nitrogens is 1. The highest BCUT2D eigenvalue weighted by atomic mass is 16.6. The van der Waals surface area contributed by atoms with Gasteiger partial charge in [-0.1, -0.05) is 6.92 Å². The van der Waals surface area contributed by atoms with Crippen LogP contribution < -0.4 is 19.8 Å². The predicted octanol–water partition coefficient (Wildman–Crippen LogP) is 1.39. The van der Waals surface area contributed by atoms with Crippen molar-refractivity contribution in [1.82, 2.24) is 9.97 Å². The number of nitro groups is 1. The lowest BCUT2D eigenvalue weighted by Gasteiger charge is -2.25. The van der Waals surface area contributed by atoms with Crippen molar-refractivity contribution in [3.05, 3.63) is 50.4 Å². The molecular formula is C16H16N4O6. The molecule has 0 aliphatic carbocycles. The molecule has 1 amide bonds. The summed E-state index contributed by atoms with van der Waals surface area (Å²) < 4.78 is 10.6. The van der Waals surface area contributed by atoms with Crippen LogP contribution in [-0.4, -0.2) is 34.0 Å². The summed E-state index contributed by atoms with van der Waals surface area (Å²) in [5.74, 6) is -0.317. The molecule has 0 fully saturated rings. The SMILES string of the molecule is CCCOc1c[nH]c(CN2C(=O)COc3ccc([N+](=O)[O-])nc32)cc1=O. The molecule has 0 aromatic carbocycles. The zero-order valence-corrected chi connectivity index (χ0v) is 13.9. The van der Waals surface area contributed by atoms with Crippen LogP contribution in [0.25, 0.3) is 0 Å². The van der Waals surface area contributed by atoms with Gasteiger partial charge in [-0.15, -0.1) is 0 Å². The van der Waals surface area contributed by atoms with Gasteiger partial charge in [-0.05, 0) is 22.4 Å². The number of carbonyl (C=O) groups is 1. The summed E-state index contributed by atoms with van der Waals surface area (Å²) in [7, 11) is 0. The average Bonchev–Trinajstić information content (AvgIpc) is 2.63. The molecule has 0 unspecified atom stereocenters. The van der Waals surface area contributed by atoms with E-state index in [1.54, 1.807) is 0 Å². The van der Waals surface area contributed by atoms with Gasteiger partial charge < -0.3 is 24.6 Å². The number of amides is 1. The minimum atomic E-state index is -0.653. The number of ether oxygens (including phenoxy) is 2. The van der Waals surface area contributed by atoms with Gasteiger partial charge in [-0.3, -0.25) is 14.5 Å². The smallest absolute Gasteiger partial charge is 0.366 e. The van der Waals surface area contributed by atoms with E-state index in [4.69, 9.17) is 9.47 Å². The van der Waals surface area contributed by atoms with Crippen LogP contribution in [0.15, 0.2) is 29.2 Å². The number of anilines is 1. The first-order valence-corrected chi connectivity index (χ1v) is 7.92. The molecule has 26 heavy (non-hydrogen) atoms. The summed E-state index contributed by atoms with van der Waals surface area (Å²) >= 11 is 0. The van der Waals surface area contributed by atoms with Gasteiger partial charge in [-0.2, -0.15) is 0 Å². The second kappa shape index (κ2) is 7.21. The first-order valence-electron chi connectivity index (χ1n) is 7.92. The third-order valence-corrected chi connectivity index (χ3v) is 3.65. The van der Waals surface area contributed by atoms with Gasteiger partial charge in [0.1, 0.15) is 0 Å². The summed E-state index contributed by atoms with van der Waals surface area (Å²) in [5, 5.41) is 10.9. The molecule has 2 aromatic heterocycles. The fourth-order valence-corrected chi connectivity index (χ4v) is 2.42. The first kappa shape index (κ1) is 17.4. The Bertz CT molecular complexity index is 910. The summed E-state index contributed by atoms with van der Waals surface area (Å²) in [6.45, 7) is 2.13. The van der Waals surface area contributed by atoms with Gasteiger partial charge in [0.25, 0.3) is 11.7 Å². The Labute approximate surface area is 147 Å². The highest BCUT2D eigenvalue weighted by Gasteiger charge is 2.32. The molecule has 0 radical (unpaired) electrons. The van der Waals surface area contributed by atoms with Crippen LogP contribution in [-0.2, 0) is 11.3 Å². The van der Waals surface area contributed by atoms with Crippen LogP contribution in [0.4, 0.5) is 11.6 Å². The lowest BCUT2D eigenvalue weighted by Crippen LogP contribution is -2.39. The van der Waals surface area contributed by atoms with E-state index in [-0.39, 0.29) is 35.9 Å². The molecule has 0 spiro atoms. The molecule has 0 bridgehead atoms. The third-order valence-electron chi connectivity index (χ3n) is 3.65. The molecule has 10 nitrogen and oxygen atoms in total. The molecule has 2 aromatic rings. The zero-order valence-electron chi connectivity index (χ0n) is 13.9. The van der Waals surface area contributed by atoms with Crippen LogP contribution in [0.2, 0.25) is 0 Å². The molecule has 1 aliphatic rings. The summed E-state index contributed by atoms with van der Waals surface area (Å²) in [4.78, 5) is 42.6. The van der Waals surface area contributed by atoms with Crippen molar-refractivity contribution in [2.75, 3.05) is 18.1 Å². The number of hydrogen-bond acceptors (Lipinski definition) is 7. The Kier molecular flexibility index (Phi) is 4.83. The maximum atomic E-state index is 12.2. The molecule has 0 saturated heterocycles. The van der Waals surface area contributed by atoms with E-state index in [2.05, 4.69) is 9.97 Å². The molecule has 3 heterocycles. The normalized spacial score (nSPS) is 13.1. The van der Waals surface area contributed by atoms with Crippen molar-refractivity contribution in [2.45, 2.75) is 19.9 Å². The van der Waals surface area contributed by atoms with E-state index in [0.29, 0.717) is 12.3 Å². The molecule has 3 rings (SSSR count). The minimum absolute atomic E-state index is 0.00728. The average molecular weight is 360 g/mol. The molecule has 10 heteroatoms. The van der Waals surface area contributed by atoms with E-state index in [9.17, 15) is 19.7 Å². The van der Waals surface area contributed by atoms with Crippen LogP contribution in [0.1, 0.15) is 19.0 Å². The largest absolute Gasteiger partial charge is 0.488 e. The summed E-state index contributed by atoms with van der Waals surface area (Å²) in [6, 6.07) is 3.92. The van der Waals surface area contributed by atoms with Gasteiger partial charge >= 0.3 is 5.82 Å². The number of rotatable bonds is 6. The molecule has 0 atom stereocenters. The van der Waals surface area contributed by atoms with E-state index >= 15 is 0 Å². The highest BCUT2D eigenvalue weighted by Crippen LogP contribution is 2.32. The van der Waals surface area contributed by atoms with Crippen LogP contribution >= 0.6 is 0 Å². The minimum Gasteiger partial charge on any atom is -0.488 e. The van der Waals surface area contributed by atoms with E-state index in [1.807, 2.05) is 6.92 Å². The van der Waals surface area contributed by atoms with Gasteiger partial charge in [0.2, 0.25) is 5.43 Å². The number of pyridine rings is 2. The van der Waals surface area contributed by atoms with Crippen molar-refractivity contribution < 1.29 is 19.2 Å². The molecule has 136 valence electrons. The number of aromatic nitrogens is 2. The molecular weight excluding hydrogens is 344 g/mol. The van der Waals surface area contributed by atoms with E-state index in [1.165, 1.54) is 29.3 Å². The standard InChI is InChI=1S/C16H16N4O6/c1-2-5-25-13-7-17-10(6-11(13)21)8-19-15(22)9-26-12-3-4-14(20(23)24)18-16(12)19/h3-4,6-7H,2,5,8-9H2,1H3,(H,17,21). The van der Waals surface area contributed by atoms with E-state index < -0.39 is 16.6 Å². The molecule has 1 aliphatic heterocycles. The number of nitrogens with zero attached hydrogens (tertiary/aromatic N) is 3. The van der Waals surface area contributed by atoms with E-state index in [0.717, 1.165) is 6.42 Å². The zero-order chi connectivity index (χ0) is 18.7. The topological polar surface area (TPSA) is 128 Å². The number of nitrogens with one attached hydrogen (secondary N) is 1. The number of hydrogen-bond donors (Lipinski definition) is 1. The number of fused-ring (bicyclic) bond motifs is 1. The van der Waals surface area contributed by atoms with Crippen LogP contribution in [0.5, 0.6) is 11.5 Å². The highest BCUT2D eigenvalue weighted by molar-refractivity contribution is 5.96. The fraction of sp³-hybridized carbons (Fsp3) is 0.312. The summed E-state index contributed by atoms with van der Waals surface area (Å²) in [5.41, 5.74) is 0.119. The van der Waals surface area contributed by atoms with Crippen molar-refractivity contribution >= 4 is 17.5 Å². The lowest BCUT2D eigenvalue weighted by molar-refractivity contribution is -0.389. The van der Waals surface area contributed by atoms with Crippen molar-refractivity contribution in [1.29, 1.82) is 0 Å². The van der Waals surface area contributed by atoms with Crippen LogP contribution in [0.3, 0.4) is 0 Å². The van der Waals surface area contributed by atoms with Crippen molar-refractivity contribution in [3.8, 4) is 11.5 Å². The fourth-order valence-electron chi connectivity index (χ4n) is 2.42. The number of carbonyl (C=O) groups excluding carboxylic acids is 1. The second-order valence-electron chi connectivity index (χ2n) is 5.55. The summed E-state index contributed by atoms with van der Waals surface area (Å²) in [6.07, 6.45) is 2.20. The maximum absolute atomic E-state index is 12.2. The quantitative estimate of drug-likeness (QED) is 0.609. The Balaban J connectivity index is 1.89. The maximum Gasteiger partial charge on any atom is 0.366 e. The van der Waals surface area contributed by atoms with Gasteiger partial charge in [0, 0.05) is 24.0 Å². The van der Waals surface area contributed by atoms with Crippen molar-refractivity contribution in [2.24, 2.45) is 0 Å². The van der Waals surface area contributed by atoms with Crippen LogP contribution in [0, 0.1) is 10.1 Å². The second-order valence-corrected chi connectivity index (χ2v) is 5.55. The molecule has 0 saturated carbocycles. The van der Waals surface area contributed by atoms with Crippen molar-refractivity contribution in [3.63, 3.8) is 0 Å². The first-order chi connectivity index (χ1) is 12.5. The van der Waals surface area contributed by atoms with Gasteiger partial charge in [0.05, 0.1) is 13.2 Å². The Morgan fingerprint density at radius 3 is 2.92 bits per heavy atom. The molecule has 1 N–H and O–H groups in total. The monoisotopic (exact) mass is 360 g/mol. The third kappa shape index (κ3) is 3.48. The number of aromatic amines is 1. The lowest BCUT2D eigenvalue weighted by atomic mass is 10.2. The van der Waals surface area contributed by atoms with Gasteiger partial charge in [-0.25, -0.2) is 0 Å². The Morgan fingerprint density at radius 2 is 2.23 bits per heavy atom. The Morgan fingerprint density at radius 1 is 1.42 bits per heavy atom. The Hall–Kier alpha value is -3.43. The predicted molar refractivity (Wildman–Crippen MR) is 90.4 cm³/mol.